The van der Waals surface area contributed by atoms with Gasteiger partial charge in [0, 0.05) is 12.0 Å². The maximum Gasteiger partial charge on any atom is 0.416 e. The first kappa shape index (κ1) is 22.8. The number of aliphatic carboxylic acids is 1. The molecule has 164 valence electrons. The van der Waals surface area contributed by atoms with Crippen molar-refractivity contribution in [1.82, 2.24) is 4.98 Å². The van der Waals surface area contributed by atoms with E-state index >= 15 is 0 Å². The molecule has 0 unspecified atom stereocenters. The topological polar surface area (TPSA) is 59.4 Å². The van der Waals surface area contributed by atoms with Gasteiger partial charge in [0.05, 0.1) is 16.1 Å². The first-order valence-corrected chi connectivity index (χ1v) is 10.6. The summed E-state index contributed by atoms with van der Waals surface area (Å²) < 4.78 is 44.4. The highest BCUT2D eigenvalue weighted by Gasteiger charge is 2.30. The predicted octanol–water partition coefficient (Wildman–Crippen LogP) is 6.30. The van der Waals surface area contributed by atoms with Crippen LogP contribution in [0.25, 0.3) is 10.6 Å². The van der Waals surface area contributed by atoms with Crippen LogP contribution in [-0.4, -0.2) is 16.1 Å². The number of aryl methyl sites for hydroxylation is 3. The number of carboxylic acid groups (broad SMARTS) is 1. The van der Waals surface area contributed by atoms with Gasteiger partial charge in [-0.05, 0) is 49.1 Å². The molecule has 0 aliphatic rings. The number of carbonyl (C=O) groups is 1. The van der Waals surface area contributed by atoms with Crippen molar-refractivity contribution < 1.29 is 27.8 Å². The van der Waals surface area contributed by atoms with E-state index in [0.29, 0.717) is 29.2 Å². The van der Waals surface area contributed by atoms with Crippen LogP contribution in [0.4, 0.5) is 13.2 Å². The van der Waals surface area contributed by atoms with Gasteiger partial charge in [-0.3, -0.25) is 4.79 Å². The number of rotatable bonds is 8. The van der Waals surface area contributed by atoms with Gasteiger partial charge in [0.1, 0.15) is 17.4 Å². The molecular weight excluding hydrogens is 427 g/mol. The standard InChI is InChI=1S/C23H22F3NO3S/c1-3-18-20(13-30-19-12-14(2)4-5-15(19)8-11-21(28)29)31-22(27-18)16-6-9-17(10-7-16)23(24,25)26/h4-7,9-10,12H,3,8,11,13H2,1-2H3,(H,28,29). The molecule has 0 amide bonds. The van der Waals surface area contributed by atoms with E-state index in [1.54, 1.807) is 0 Å². The van der Waals surface area contributed by atoms with Crippen LogP contribution >= 0.6 is 11.3 Å². The van der Waals surface area contributed by atoms with Crippen molar-refractivity contribution in [2.24, 2.45) is 0 Å². The molecule has 8 heteroatoms. The minimum Gasteiger partial charge on any atom is -0.488 e. The van der Waals surface area contributed by atoms with Crippen LogP contribution in [0.5, 0.6) is 5.75 Å². The molecule has 0 spiro atoms. The van der Waals surface area contributed by atoms with Crippen molar-refractivity contribution in [2.75, 3.05) is 0 Å². The zero-order chi connectivity index (χ0) is 22.6. The van der Waals surface area contributed by atoms with E-state index < -0.39 is 17.7 Å². The Balaban J connectivity index is 1.80. The van der Waals surface area contributed by atoms with Crippen LogP contribution in [0.2, 0.25) is 0 Å². The quantitative estimate of drug-likeness (QED) is 0.439. The van der Waals surface area contributed by atoms with E-state index in [4.69, 9.17) is 9.84 Å². The average molecular weight is 449 g/mol. The summed E-state index contributed by atoms with van der Waals surface area (Å²) in [5, 5.41) is 9.60. The van der Waals surface area contributed by atoms with Crippen molar-refractivity contribution >= 4 is 17.3 Å². The van der Waals surface area contributed by atoms with Gasteiger partial charge in [-0.2, -0.15) is 13.2 Å². The Bertz CT molecular complexity index is 1060. The van der Waals surface area contributed by atoms with E-state index in [-0.39, 0.29) is 13.0 Å². The fraction of sp³-hybridized carbons (Fsp3) is 0.304. The van der Waals surface area contributed by atoms with Gasteiger partial charge >= 0.3 is 12.1 Å². The first-order valence-electron chi connectivity index (χ1n) is 9.77. The number of ether oxygens (including phenoxy) is 1. The van der Waals surface area contributed by atoms with Crippen LogP contribution in [-0.2, 0) is 30.4 Å². The van der Waals surface area contributed by atoms with Crippen molar-refractivity contribution in [1.29, 1.82) is 0 Å². The number of carboxylic acids is 1. The summed E-state index contributed by atoms with van der Waals surface area (Å²) in [4.78, 5) is 16.4. The van der Waals surface area contributed by atoms with Crippen molar-refractivity contribution in [3.63, 3.8) is 0 Å². The lowest BCUT2D eigenvalue weighted by Gasteiger charge is -2.12. The number of thiazole rings is 1. The smallest absolute Gasteiger partial charge is 0.416 e. The maximum atomic E-state index is 12.8. The third kappa shape index (κ3) is 5.85. The van der Waals surface area contributed by atoms with Gasteiger partial charge in [-0.25, -0.2) is 4.98 Å². The molecule has 0 aliphatic carbocycles. The Kier molecular flexibility index (Phi) is 7.00. The molecule has 0 saturated heterocycles. The fourth-order valence-electron chi connectivity index (χ4n) is 3.09. The Labute approximate surface area is 182 Å². The number of hydrogen-bond acceptors (Lipinski definition) is 4. The van der Waals surface area contributed by atoms with Crippen LogP contribution in [0.15, 0.2) is 42.5 Å². The summed E-state index contributed by atoms with van der Waals surface area (Å²) in [5.41, 5.74) is 2.58. The SMILES string of the molecule is CCc1nc(-c2ccc(C(F)(F)F)cc2)sc1COc1cc(C)ccc1CCC(=O)O. The van der Waals surface area contributed by atoms with Crippen LogP contribution in [0.1, 0.15) is 40.6 Å². The highest BCUT2D eigenvalue weighted by Crippen LogP contribution is 2.34. The highest BCUT2D eigenvalue weighted by atomic mass is 32.1. The van der Waals surface area contributed by atoms with Crippen LogP contribution in [0, 0.1) is 6.92 Å². The molecule has 0 radical (unpaired) electrons. The number of benzene rings is 2. The molecule has 1 aromatic heterocycles. The van der Waals surface area contributed by atoms with Gasteiger partial charge in [0.2, 0.25) is 0 Å². The Morgan fingerprint density at radius 1 is 1.16 bits per heavy atom. The monoisotopic (exact) mass is 449 g/mol. The van der Waals surface area contributed by atoms with Gasteiger partial charge in [-0.15, -0.1) is 11.3 Å². The van der Waals surface area contributed by atoms with Gasteiger partial charge < -0.3 is 9.84 Å². The average Bonchev–Trinajstić information content (AvgIpc) is 3.14. The summed E-state index contributed by atoms with van der Waals surface area (Å²) >= 11 is 1.39. The Morgan fingerprint density at radius 3 is 2.48 bits per heavy atom. The van der Waals surface area contributed by atoms with E-state index in [2.05, 4.69) is 4.98 Å². The third-order valence-corrected chi connectivity index (χ3v) is 5.88. The predicted molar refractivity (Wildman–Crippen MR) is 113 cm³/mol. The third-order valence-electron chi connectivity index (χ3n) is 4.76. The number of alkyl halides is 3. The number of hydrogen-bond donors (Lipinski definition) is 1. The molecule has 0 atom stereocenters. The number of halogens is 3. The summed E-state index contributed by atoms with van der Waals surface area (Å²) in [6.45, 7) is 4.14. The summed E-state index contributed by atoms with van der Waals surface area (Å²) in [6.07, 6.45) is -3.33. The molecule has 3 rings (SSSR count). The highest BCUT2D eigenvalue weighted by molar-refractivity contribution is 7.15. The fourth-order valence-corrected chi connectivity index (χ4v) is 4.15. The van der Waals surface area contributed by atoms with Gasteiger partial charge in [-0.1, -0.05) is 31.2 Å². The summed E-state index contributed by atoms with van der Waals surface area (Å²) in [6, 6.07) is 10.6. The first-order chi connectivity index (χ1) is 14.7. The lowest BCUT2D eigenvalue weighted by Crippen LogP contribution is -2.03. The van der Waals surface area contributed by atoms with Gasteiger partial charge in [0.15, 0.2) is 0 Å². The van der Waals surface area contributed by atoms with Crippen LogP contribution < -0.4 is 4.74 Å². The van der Waals surface area contributed by atoms with Crippen molar-refractivity contribution in [2.45, 2.75) is 45.9 Å². The molecule has 0 aliphatic heterocycles. The molecule has 0 saturated carbocycles. The lowest BCUT2D eigenvalue weighted by atomic mass is 10.1. The second-order valence-corrected chi connectivity index (χ2v) is 8.19. The van der Waals surface area contributed by atoms with E-state index in [0.717, 1.165) is 33.8 Å². The normalized spacial score (nSPS) is 11.5. The Morgan fingerprint density at radius 2 is 1.87 bits per heavy atom. The molecular formula is C23H22F3NO3S. The Hall–Kier alpha value is -2.87. The lowest BCUT2D eigenvalue weighted by molar-refractivity contribution is -0.138. The molecule has 1 N–H and O–H groups in total. The zero-order valence-electron chi connectivity index (χ0n) is 17.1. The molecule has 4 nitrogen and oxygen atoms in total. The molecule has 0 fully saturated rings. The van der Waals surface area contributed by atoms with E-state index in [1.807, 2.05) is 32.0 Å². The maximum absolute atomic E-state index is 12.8. The molecule has 31 heavy (non-hydrogen) atoms. The molecule has 1 heterocycles. The second-order valence-electron chi connectivity index (χ2n) is 7.11. The second kappa shape index (κ2) is 9.51. The minimum absolute atomic E-state index is 0.0122. The zero-order valence-corrected chi connectivity index (χ0v) is 17.9. The largest absolute Gasteiger partial charge is 0.488 e. The molecule has 3 aromatic rings. The summed E-state index contributed by atoms with van der Waals surface area (Å²) in [5.74, 6) is -0.240. The van der Waals surface area contributed by atoms with Gasteiger partial charge in [0.25, 0.3) is 0 Å². The van der Waals surface area contributed by atoms with E-state index in [1.165, 1.54) is 23.5 Å². The van der Waals surface area contributed by atoms with Crippen molar-refractivity contribution in [3.05, 3.63) is 69.7 Å². The number of aromatic nitrogens is 1. The molecule has 0 bridgehead atoms. The van der Waals surface area contributed by atoms with Crippen molar-refractivity contribution in [3.8, 4) is 16.3 Å². The minimum atomic E-state index is -4.37. The summed E-state index contributed by atoms with van der Waals surface area (Å²) in [7, 11) is 0. The van der Waals surface area contributed by atoms with E-state index in [9.17, 15) is 18.0 Å². The molecule has 2 aromatic carbocycles. The van der Waals surface area contributed by atoms with Crippen LogP contribution in [0.3, 0.4) is 0 Å². The number of nitrogens with zero attached hydrogens (tertiary/aromatic N) is 1.